The molecule has 3 aromatic rings. The second-order valence-electron chi connectivity index (χ2n) is 10.0. The van der Waals surface area contributed by atoms with Crippen LogP contribution in [-0.4, -0.2) is 11.2 Å². The summed E-state index contributed by atoms with van der Waals surface area (Å²) in [5, 5.41) is 12.0. The lowest BCUT2D eigenvalue weighted by atomic mass is 9.74. The molecule has 0 saturated heterocycles. The molecular formula is C32H36O2. The molecule has 1 aliphatic carbocycles. The number of hydrogen-bond acceptors (Lipinski definition) is 2. The quantitative estimate of drug-likeness (QED) is 0.403. The first-order chi connectivity index (χ1) is 16.5. The van der Waals surface area contributed by atoms with Crippen LogP contribution < -0.4 is 0 Å². The van der Waals surface area contributed by atoms with Crippen molar-refractivity contribution in [1.29, 1.82) is 0 Å². The fraction of sp³-hybridized carbons (Fsp3) is 0.375. The summed E-state index contributed by atoms with van der Waals surface area (Å²) in [6.45, 7) is 6.87. The monoisotopic (exact) mass is 452 g/mol. The van der Waals surface area contributed by atoms with Crippen molar-refractivity contribution in [3.05, 3.63) is 108 Å². The summed E-state index contributed by atoms with van der Waals surface area (Å²) in [7, 11) is 0. The van der Waals surface area contributed by atoms with Crippen LogP contribution in [0.25, 0.3) is 0 Å². The highest BCUT2D eigenvalue weighted by Gasteiger charge is 2.45. The van der Waals surface area contributed by atoms with Crippen LogP contribution in [0.4, 0.5) is 0 Å². The molecule has 0 aliphatic heterocycles. The third-order valence-electron chi connectivity index (χ3n) is 7.17. The van der Waals surface area contributed by atoms with Gasteiger partial charge in [-0.25, -0.2) is 0 Å². The first kappa shape index (κ1) is 24.3. The van der Waals surface area contributed by atoms with E-state index >= 15 is 0 Å². The summed E-state index contributed by atoms with van der Waals surface area (Å²) >= 11 is 0. The highest BCUT2D eigenvalue weighted by molar-refractivity contribution is 5.43. The van der Waals surface area contributed by atoms with E-state index in [2.05, 4.69) is 32.6 Å². The van der Waals surface area contributed by atoms with Gasteiger partial charge < -0.3 is 9.84 Å². The molecule has 0 spiro atoms. The lowest BCUT2D eigenvalue weighted by molar-refractivity contribution is -0.163. The van der Waals surface area contributed by atoms with Gasteiger partial charge in [-0.1, -0.05) is 118 Å². The Kier molecular flexibility index (Phi) is 7.88. The van der Waals surface area contributed by atoms with Crippen molar-refractivity contribution < 1.29 is 9.84 Å². The van der Waals surface area contributed by atoms with Crippen molar-refractivity contribution in [3.63, 3.8) is 0 Å². The number of ether oxygens (including phenoxy) is 1. The van der Waals surface area contributed by atoms with Crippen molar-refractivity contribution >= 4 is 0 Å². The molecular weight excluding hydrogens is 416 g/mol. The third-order valence-corrected chi connectivity index (χ3v) is 7.17. The molecule has 2 unspecified atom stereocenters. The summed E-state index contributed by atoms with van der Waals surface area (Å²) in [5.41, 5.74) is 1.41. The van der Waals surface area contributed by atoms with Crippen LogP contribution in [0.2, 0.25) is 0 Å². The van der Waals surface area contributed by atoms with Crippen LogP contribution in [0.5, 0.6) is 0 Å². The van der Waals surface area contributed by atoms with Crippen LogP contribution in [0.1, 0.15) is 62.8 Å². The Balaban J connectivity index is 1.87. The lowest BCUT2D eigenvalue weighted by Gasteiger charge is -2.44. The van der Waals surface area contributed by atoms with Crippen LogP contribution >= 0.6 is 0 Å². The molecule has 0 heterocycles. The van der Waals surface area contributed by atoms with E-state index in [1.165, 1.54) is 6.42 Å². The maximum absolute atomic E-state index is 12.0. The van der Waals surface area contributed by atoms with E-state index < -0.39 is 11.7 Å². The molecule has 1 aliphatic rings. The van der Waals surface area contributed by atoms with Crippen molar-refractivity contribution in [3.8, 4) is 11.8 Å². The van der Waals surface area contributed by atoms with Gasteiger partial charge in [0.1, 0.15) is 6.10 Å². The minimum atomic E-state index is -1.19. The normalized spacial score (nSPS) is 22.9. The minimum absolute atomic E-state index is 0.0207. The summed E-state index contributed by atoms with van der Waals surface area (Å²) in [4.78, 5) is 0. The van der Waals surface area contributed by atoms with Crippen LogP contribution in [0.3, 0.4) is 0 Å². The lowest BCUT2D eigenvalue weighted by Crippen LogP contribution is -2.44. The van der Waals surface area contributed by atoms with Crippen LogP contribution in [-0.2, 0) is 10.3 Å². The molecule has 0 bridgehead atoms. The molecule has 5 atom stereocenters. The molecule has 4 rings (SSSR count). The molecule has 2 nitrogen and oxygen atoms in total. The second kappa shape index (κ2) is 11.0. The van der Waals surface area contributed by atoms with Gasteiger partial charge in [0, 0.05) is 5.56 Å². The maximum atomic E-state index is 12.0. The zero-order chi connectivity index (χ0) is 24.0. The van der Waals surface area contributed by atoms with Gasteiger partial charge in [0.2, 0.25) is 0 Å². The molecule has 0 amide bonds. The summed E-state index contributed by atoms with van der Waals surface area (Å²) in [6.07, 6.45) is 2.43. The fourth-order valence-electron chi connectivity index (χ4n) is 5.19. The van der Waals surface area contributed by atoms with Crippen LogP contribution in [0.15, 0.2) is 91.0 Å². The third kappa shape index (κ3) is 5.44. The molecule has 2 heteroatoms. The van der Waals surface area contributed by atoms with E-state index in [4.69, 9.17) is 4.74 Å². The first-order valence-electron chi connectivity index (χ1n) is 12.5. The number of aliphatic hydroxyl groups is 1. The Morgan fingerprint density at radius 1 is 0.853 bits per heavy atom. The van der Waals surface area contributed by atoms with Crippen molar-refractivity contribution in [1.82, 2.24) is 0 Å². The van der Waals surface area contributed by atoms with Crippen LogP contribution in [0, 0.1) is 29.6 Å². The van der Waals surface area contributed by atoms with Gasteiger partial charge in [-0.05, 0) is 53.9 Å². The Hall–Kier alpha value is -2.86. The molecule has 1 saturated carbocycles. The highest BCUT2D eigenvalue weighted by atomic mass is 16.5. The van der Waals surface area contributed by atoms with Crippen molar-refractivity contribution in [2.45, 2.75) is 57.8 Å². The molecule has 3 aromatic carbocycles. The number of rotatable bonds is 6. The first-order valence-corrected chi connectivity index (χ1v) is 12.5. The Bertz CT molecular complexity index is 1080. The Morgan fingerprint density at radius 3 is 2.06 bits per heavy atom. The second-order valence-corrected chi connectivity index (χ2v) is 10.0. The molecule has 176 valence electrons. The highest BCUT2D eigenvalue weighted by Crippen LogP contribution is 2.44. The van der Waals surface area contributed by atoms with E-state index in [1.54, 1.807) is 0 Å². The Labute approximate surface area is 205 Å². The van der Waals surface area contributed by atoms with E-state index in [1.807, 2.05) is 91.0 Å². The molecule has 0 aromatic heterocycles. The van der Waals surface area contributed by atoms with Gasteiger partial charge >= 0.3 is 0 Å². The molecule has 0 radical (unpaired) electrons. The van der Waals surface area contributed by atoms with Gasteiger partial charge in [0.25, 0.3) is 0 Å². The average Bonchev–Trinajstić information content (AvgIpc) is 2.87. The van der Waals surface area contributed by atoms with E-state index in [9.17, 15) is 5.11 Å². The zero-order valence-electron chi connectivity index (χ0n) is 20.5. The molecule has 1 fully saturated rings. The van der Waals surface area contributed by atoms with Gasteiger partial charge in [-0.15, -0.1) is 0 Å². The largest absolute Gasteiger partial charge is 0.384 e. The van der Waals surface area contributed by atoms with Gasteiger partial charge in [0.05, 0.1) is 6.10 Å². The smallest absolute Gasteiger partial charge is 0.184 e. The fourth-order valence-corrected chi connectivity index (χ4v) is 5.19. The maximum Gasteiger partial charge on any atom is 0.184 e. The average molecular weight is 453 g/mol. The summed E-state index contributed by atoms with van der Waals surface area (Å²) < 4.78 is 7.12. The SMILES string of the molecule is CC(C)[C@H]1CC[C@H](C)C[C@@H]1OC(C#Cc1ccccc1)(c1ccccc1)C(O)c1ccccc1. The number of aliphatic hydroxyl groups excluding tert-OH is 1. The standard InChI is InChI=1S/C32H36O2/c1-24(2)29-20-19-25(3)23-30(29)34-32(28-17-11-6-12-18-28,22-21-26-13-7-4-8-14-26)31(33)27-15-9-5-10-16-27/h4-18,24-25,29-31,33H,19-20,23H2,1-3H3/t25-,29+,30-,31?,32?/m0/s1. The van der Waals surface area contributed by atoms with E-state index in [-0.39, 0.29) is 6.10 Å². The van der Waals surface area contributed by atoms with Gasteiger partial charge in [0.15, 0.2) is 5.60 Å². The summed E-state index contributed by atoms with van der Waals surface area (Å²) in [5.74, 6) is 8.33. The van der Waals surface area contributed by atoms with Gasteiger partial charge in [-0.3, -0.25) is 0 Å². The predicted molar refractivity (Wildman–Crippen MR) is 139 cm³/mol. The van der Waals surface area contributed by atoms with Crippen molar-refractivity contribution in [2.24, 2.45) is 17.8 Å². The topological polar surface area (TPSA) is 29.5 Å². The van der Waals surface area contributed by atoms with Crippen molar-refractivity contribution in [2.75, 3.05) is 0 Å². The molecule has 34 heavy (non-hydrogen) atoms. The minimum Gasteiger partial charge on any atom is -0.384 e. The predicted octanol–water partition coefficient (Wildman–Crippen LogP) is 7.14. The summed E-state index contributed by atoms with van der Waals surface area (Å²) in [6, 6.07) is 29.8. The molecule has 1 N–H and O–H groups in total. The Morgan fingerprint density at radius 2 is 1.44 bits per heavy atom. The zero-order valence-corrected chi connectivity index (χ0v) is 20.5. The number of hydrogen-bond donors (Lipinski definition) is 1. The van der Waals surface area contributed by atoms with Gasteiger partial charge in [-0.2, -0.15) is 0 Å². The number of benzene rings is 3. The van der Waals surface area contributed by atoms with E-state index in [0.717, 1.165) is 29.5 Å². The van der Waals surface area contributed by atoms with E-state index in [0.29, 0.717) is 17.8 Å².